The second-order valence-electron chi connectivity index (χ2n) is 4.46. The van der Waals surface area contributed by atoms with Gasteiger partial charge >= 0.3 is 0 Å². The lowest BCUT2D eigenvalue weighted by molar-refractivity contribution is -0.116. The van der Waals surface area contributed by atoms with Crippen LogP contribution in [0, 0.1) is 6.92 Å². The summed E-state index contributed by atoms with van der Waals surface area (Å²) < 4.78 is 0. The van der Waals surface area contributed by atoms with Crippen molar-refractivity contribution in [2.45, 2.75) is 26.2 Å². The lowest BCUT2D eigenvalue weighted by Gasteiger charge is -2.24. The highest BCUT2D eigenvalue weighted by Gasteiger charge is 2.23. The molecule has 3 nitrogen and oxygen atoms in total. The van der Waals surface area contributed by atoms with Gasteiger partial charge in [-0.1, -0.05) is 6.92 Å². The molecule has 0 radical (unpaired) electrons. The highest BCUT2D eigenvalue weighted by molar-refractivity contribution is 6.30. The molecule has 0 aromatic heterocycles. The van der Waals surface area contributed by atoms with Crippen LogP contribution in [0.1, 0.15) is 40.7 Å². The zero-order valence-electron chi connectivity index (χ0n) is 9.84. The molecule has 90 valence electrons. The summed E-state index contributed by atoms with van der Waals surface area (Å²) in [5, 5.41) is 2.83. The number of nitrogens with one attached hydrogen (secondary N) is 1. The number of aryl methyl sites for hydroxylation is 1. The SMILES string of the molecule is Cc1cc2c(cc1C(=O)CCl)C(C)CC(=O)N2. The van der Waals surface area contributed by atoms with E-state index in [2.05, 4.69) is 5.32 Å². The van der Waals surface area contributed by atoms with Gasteiger partial charge < -0.3 is 5.32 Å². The monoisotopic (exact) mass is 251 g/mol. The van der Waals surface area contributed by atoms with Crippen LogP contribution in [0.25, 0.3) is 0 Å². The van der Waals surface area contributed by atoms with Crippen LogP contribution >= 0.6 is 11.6 Å². The molecule has 1 N–H and O–H groups in total. The summed E-state index contributed by atoms with van der Waals surface area (Å²) in [5.41, 5.74) is 3.34. The minimum Gasteiger partial charge on any atom is -0.326 e. The highest BCUT2D eigenvalue weighted by Crippen LogP contribution is 2.34. The number of anilines is 1. The van der Waals surface area contributed by atoms with Gasteiger partial charge in [-0.25, -0.2) is 0 Å². The molecule has 0 fully saturated rings. The topological polar surface area (TPSA) is 46.2 Å². The summed E-state index contributed by atoms with van der Waals surface area (Å²) in [6.07, 6.45) is 0.463. The second kappa shape index (κ2) is 4.49. The molecule has 1 atom stereocenters. The van der Waals surface area contributed by atoms with Gasteiger partial charge in [-0.05, 0) is 36.1 Å². The number of hydrogen-bond acceptors (Lipinski definition) is 2. The van der Waals surface area contributed by atoms with Gasteiger partial charge in [-0.3, -0.25) is 9.59 Å². The van der Waals surface area contributed by atoms with Gasteiger partial charge in [0.2, 0.25) is 5.91 Å². The maximum atomic E-state index is 11.7. The van der Waals surface area contributed by atoms with E-state index in [0.717, 1.165) is 16.8 Å². The van der Waals surface area contributed by atoms with Crippen LogP contribution in [-0.2, 0) is 4.79 Å². The van der Waals surface area contributed by atoms with E-state index in [1.807, 2.05) is 26.0 Å². The smallest absolute Gasteiger partial charge is 0.224 e. The van der Waals surface area contributed by atoms with Crippen molar-refractivity contribution in [1.82, 2.24) is 0 Å². The number of carbonyl (C=O) groups excluding carboxylic acids is 2. The molecule has 17 heavy (non-hydrogen) atoms. The van der Waals surface area contributed by atoms with Gasteiger partial charge in [0, 0.05) is 17.7 Å². The molecular weight excluding hydrogens is 238 g/mol. The predicted octanol–water partition coefficient (Wildman–Crippen LogP) is 2.86. The number of fused-ring (bicyclic) bond motifs is 1. The first-order valence-electron chi connectivity index (χ1n) is 5.56. The van der Waals surface area contributed by atoms with Crippen molar-refractivity contribution >= 4 is 29.0 Å². The van der Waals surface area contributed by atoms with Crippen LogP contribution in [-0.4, -0.2) is 17.6 Å². The molecule has 2 rings (SSSR count). The molecule has 1 aliphatic rings. The third-order valence-electron chi connectivity index (χ3n) is 3.11. The van der Waals surface area contributed by atoms with Crippen LogP contribution in [0.5, 0.6) is 0 Å². The number of Topliss-reactive ketones (excluding diaryl/α,β-unsaturated/α-hetero) is 1. The predicted molar refractivity (Wildman–Crippen MR) is 67.9 cm³/mol. The molecular formula is C13H14ClNO2. The lowest BCUT2D eigenvalue weighted by Crippen LogP contribution is -2.22. The Morgan fingerprint density at radius 3 is 2.88 bits per heavy atom. The standard InChI is InChI=1S/C13H14ClNO2/c1-7-3-11-9(5-10(7)12(16)6-14)8(2)4-13(17)15-11/h3,5,8H,4,6H2,1-2H3,(H,15,17). The number of benzene rings is 1. The molecule has 1 aromatic rings. The highest BCUT2D eigenvalue weighted by atomic mass is 35.5. The summed E-state index contributed by atoms with van der Waals surface area (Å²) >= 11 is 5.58. The summed E-state index contributed by atoms with van der Waals surface area (Å²) in [7, 11) is 0. The van der Waals surface area contributed by atoms with Gasteiger partial charge in [0.25, 0.3) is 0 Å². The Morgan fingerprint density at radius 2 is 2.24 bits per heavy atom. The van der Waals surface area contributed by atoms with Crippen molar-refractivity contribution in [3.8, 4) is 0 Å². The molecule has 1 unspecified atom stereocenters. The van der Waals surface area contributed by atoms with E-state index < -0.39 is 0 Å². The first-order valence-corrected chi connectivity index (χ1v) is 6.10. The van der Waals surface area contributed by atoms with Crippen LogP contribution < -0.4 is 5.32 Å². The van der Waals surface area contributed by atoms with Crippen LogP contribution in [0.4, 0.5) is 5.69 Å². The Bertz CT molecular complexity index is 496. The molecule has 0 saturated carbocycles. The van der Waals surface area contributed by atoms with Crippen molar-refractivity contribution in [1.29, 1.82) is 0 Å². The first kappa shape index (κ1) is 12.1. The molecule has 1 heterocycles. The third kappa shape index (κ3) is 2.20. The van der Waals surface area contributed by atoms with E-state index in [9.17, 15) is 9.59 Å². The van der Waals surface area contributed by atoms with E-state index in [4.69, 9.17) is 11.6 Å². The summed E-state index contributed by atoms with van der Waals surface area (Å²) in [5.74, 6) is 0.0819. The fourth-order valence-electron chi connectivity index (χ4n) is 2.20. The van der Waals surface area contributed by atoms with E-state index >= 15 is 0 Å². The Morgan fingerprint density at radius 1 is 1.53 bits per heavy atom. The minimum atomic E-state index is -0.0731. The second-order valence-corrected chi connectivity index (χ2v) is 4.73. The summed E-state index contributed by atoms with van der Waals surface area (Å²) in [4.78, 5) is 23.1. The Labute approximate surface area is 105 Å². The number of carbonyl (C=O) groups is 2. The summed E-state index contributed by atoms with van der Waals surface area (Å²) in [6.45, 7) is 3.84. The van der Waals surface area contributed by atoms with Crippen molar-refractivity contribution in [2.75, 3.05) is 11.2 Å². The van der Waals surface area contributed by atoms with Crippen LogP contribution in [0.3, 0.4) is 0 Å². The molecule has 4 heteroatoms. The molecule has 0 bridgehead atoms. The Kier molecular flexibility index (Phi) is 3.20. The average molecular weight is 252 g/mol. The number of rotatable bonds is 2. The number of hydrogen-bond donors (Lipinski definition) is 1. The molecule has 0 spiro atoms. The Hall–Kier alpha value is -1.35. The van der Waals surface area contributed by atoms with Crippen LogP contribution in [0.15, 0.2) is 12.1 Å². The maximum absolute atomic E-state index is 11.7. The molecule has 1 aromatic carbocycles. The van der Waals surface area contributed by atoms with E-state index in [0.29, 0.717) is 12.0 Å². The largest absolute Gasteiger partial charge is 0.326 e. The molecule has 0 aliphatic carbocycles. The Balaban J connectivity index is 2.52. The molecule has 0 saturated heterocycles. The van der Waals surface area contributed by atoms with Gasteiger partial charge in [-0.15, -0.1) is 11.6 Å². The molecule has 1 amide bonds. The number of alkyl halides is 1. The van der Waals surface area contributed by atoms with Crippen molar-refractivity contribution < 1.29 is 9.59 Å². The van der Waals surface area contributed by atoms with E-state index in [1.54, 1.807) is 0 Å². The number of amides is 1. The van der Waals surface area contributed by atoms with Crippen molar-refractivity contribution in [3.05, 3.63) is 28.8 Å². The zero-order chi connectivity index (χ0) is 12.6. The quantitative estimate of drug-likeness (QED) is 0.649. The van der Waals surface area contributed by atoms with Gasteiger partial charge in [0.05, 0.1) is 5.88 Å². The minimum absolute atomic E-state index is 0.0135. The first-order chi connectivity index (χ1) is 8.02. The van der Waals surface area contributed by atoms with Gasteiger partial charge in [0.15, 0.2) is 5.78 Å². The summed E-state index contributed by atoms with van der Waals surface area (Å²) in [6, 6.07) is 3.71. The van der Waals surface area contributed by atoms with E-state index in [1.165, 1.54) is 0 Å². The average Bonchev–Trinajstić information content (AvgIpc) is 2.27. The lowest BCUT2D eigenvalue weighted by atomic mass is 9.88. The van der Waals surface area contributed by atoms with Crippen molar-refractivity contribution in [3.63, 3.8) is 0 Å². The zero-order valence-corrected chi connectivity index (χ0v) is 10.6. The fraction of sp³-hybridized carbons (Fsp3) is 0.385. The maximum Gasteiger partial charge on any atom is 0.224 e. The van der Waals surface area contributed by atoms with E-state index in [-0.39, 0.29) is 23.5 Å². The third-order valence-corrected chi connectivity index (χ3v) is 3.36. The van der Waals surface area contributed by atoms with Crippen LogP contribution in [0.2, 0.25) is 0 Å². The van der Waals surface area contributed by atoms with Gasteiger partial charge in [-0.2, -0.15) is 0 Å². The normalized spacial score (nSPS) is 18.5. The van der Waals surface area contributed by atoms with Crippen molar-refractivity contribution in [2.24, 2.45) is 0 Å². The fourth-order valence-corrected chi connectivity index (χ4v) is 2.35. The number of halogens is 1. The molecule has 1 aliphatic heterocycles. The number of ketones is 1. The van der Waals surface area contributed by atoms with Gasteiger partial charge in [0.1, 0.15) is 0 Å².